The lowest BCUT2D eigenvalue weighted by Crippen LogP contribution is -2.29. The number of carbonyl (C=O) groups is 2. The smallest absolute Gasteiger partial charge is 0.296 e. The van der Waals surface area contributed by atoms with Crippen molar-refractivity contribution in [2.45, 2.75) is 26.4 Å². The third kappa shape index (κ3) is 3.72. The highest BCUT2D eigenvalue weighted by Gasteiger charge is 2.46. The number of hydrogen-bond donors (Lipinski definition) is 1. The van der Waals surface area contributed by atoms with E-state index in [0.29, 0.717) is 22.6 Å². The maximum Gasteiger partial charge on any atom is 0.296 e. The number of furan rings is 1. The van der Waals surface area contributed by atoms with Crippen LogP contribution in [0.4, 0.5) is 0 Å². The van der Waals surface area contributed by atoms with E-state index in [-0.39, 0.29) is 17.9 Å². The molecule has 1 aliphatic heterocycles. The Morgan fingerprint density at radius 2 is 1.84 bits per heavy atom. The number of nitrogens with zero attached hydrogens (tertiary/aromatic N) is 1. The van der Waals surface area contributed by atoms with Gasteiger partial charge in [0.1, 0.15) is 17.3 Å². The van der Waals surface area contributed by atoms with E-state index in [0.717, 1.165) is 11.1 Å². The molecule has 1 N–H and O–H groups in total. The Kier molecular flexibility index (Phi) is 5.38. The molecule has 1 atom stereocenters. The fraction of sp³-hybridized carbons (Fsp3) is 0.200. The maximum atomic E-state index is 13.1. The lowest BCUT2D eigenvalue weighted by atomic mass is 9.93. The molecule has 3 aromatic rings. The van der Waals surface area contributed by atoms with Crippen molar-refractivity contribution in [1.29, 1.82) is 0 Å². The quantitative estimate of drug-likeness (QED) is 0.375. The fourth-order valence-corrected chi connectivity index (χ4v) is 3.88. The first kappa shape index (κ1) is 20.5. The molecule has 1 unspecified atom stereocenters. The molecule has 0 radical (unpaired) electrons. The number of carbonyl (C=O) groups excluding carboxylic acids is 2. The first-order valence-electron chi connectivity index (χ1n) is 9.93. The highest BCUT2D eigenvalue weighted by molar-refractivity contribution is 6.46. The summed E-state index contributed by atoms with van der Waals surface area (Å²) in [5, 5.41) is 11.2. The SMILES string of the molecule is COc1ccc(C2C(=C(O)c3cc(C)ccc3C)C(=O)C(=O)N2Cc2ccco2)cc1. The van der Waals surface area contributed by atoms with Crippen molar-refractivity contribution in [2.24, 2.45) is 0 Å². The van der Waals surface area contributed by atoms with Crippen LogP contribution in [-0.4, -0.2) is 28.8 Å². The normalized spacial score (nSPS) is 17.9. The van der Waals surface area contributed by atoms with Crippen LogP contribution in [0.1, 0.15) is 34.1 Å². The Balaban J connectivity index is 1.89. The van der Waals surface area contributed by atoms with Crippen LogP contribution >= 0.6 is 0 Å². The van der Waals surface area contributed by atoms with Crippen LogP contribution < -0.4 is 4.74 Å². The second-order valence-corrected chi connectivity index (χ2v) is 7.60. The second kappa shape index (κ2) is 8.14. The van der Waals surface area contributed by atoms with Gasteiger partial charge in [-0.25, -0.2) is 0 Å². The van der Waals surface area contributed by atoms with E-state index in [1.54, 1.807) is 43.5 Å². The minimum atomic E-state index is -0.754. The molecule has 2 aromatic carbocycles. The van der Waals surface area contributed by atoms with Crippen molar-refractivity contribution < 1.29 is 23.8 Å². The zero-order valence-electron chi connectivity index (χ0n) is 17.6. The molecule has 0 bridgehead atoms. The number of hydrogen-bond acceptors (Lipinski definition) is 5. The number of aryl methyl sites for hydroxylation is 2. The molecule has 1 aliphatic rings. The van der Waals surface area contributed by atoms with Gasteiger partial charge >= 0.3 is 0 Å². The Labute approximate surface area is 180 Å². The number of ether oxygens (including phenoxy) is 1. The summed E-state index contributed by atoms with van der Waals surface area (Å²) in [6, 6.07) is 15.5. The number of aliphatic hydroxyl groups excluding tert-OH is 1. The van der Waals surface area contributed by atoms with Gasteiger partial charge in [0.25, 0.3) is 11.7 Å². The molecule has 2 heterocycles. The van der Waals surface area contributed by atoms with Gasteiger partial charge in [-0.3, -0.25) is 9.59 Å². The van der Waals surface area contributed by atoms with Crippen molar-refractivity contribution in [3.05, 3.63) is 94.4 Å². The van der Waals surface area contributed by atoms with Crippen LogP contribution in [0, 0.1) is 13.8 Å². The van der Waals surface area contributed by atoms with Crippen molar-refractivity contribution in [3.8, 4) is 5.75 Å². The number of ketones is 1. The number of likely N-dealkylation sites (tertiary alicyclic amines) is 1. The number of rotatable bonds is 5. The molecular weight excluding hydrogens is 394 g/mol. The summed E-state index contributed by atoms with van der Waals surface area (Å²) < 4.78 is 10.6. The van der Waals surface area contributed by atoms with E-state index in [1.807, 2.05) is 32.0 Å². The van der Waals surface area contributed by atoms with Crippen molar-refractivity contribution in [3.63, 3.8) is 0 Å². The molecule has 1 amide bonds. The molecule has 6 nitrogen and oxygen atoms in total. The van der Waals surface area contributed by atoms with Gasteiger partial charge in [0.15, 0.2) is 0 Å². The van der Waals surface area contributed by atoms with Gasteiger partial charge in [-0.15, -0.1) is 0 Å². The number of aliphatic hydroxyl groups is 1. The third-order valence-electron chi connectivity index (χ3n) is 5.53. The third-order valence-corrected chi connectivity index (χ3v) is 5.53. The predicted molar refractivity (Wildman–Crippen MR) is 115 cm³/mol. The van der Waals surface area contributed by atoms with E-state index < -0.39 is 17.7 Å². The number of methoxy groups -OCH3 is 1. The molecule has 6 heteroatoms. The van der Waals surface area contributed by atoms with Gasteiger partial charge in [-0.05, 0) is 55.3 Å². The largest absolute Gasteiger partial charge is 0.507 e. The standard InChI is InChI=1S/C25H23NO5/c1-15-6-7-16(2)20(13-15)23(27)21-22(17-8-10-18(30-3)11-9-17)26(25(29)24(21)28)14-19-5-4-12-31-19/h4-13,22,27H,14H2,1-3H3. The second-order valence-electron chi connectivity index (χ2n) is 7.60. The maximum absolute atomic E-state index is 13.1. The summed E-state index contributed by atoms with van der Waals surface area (Å²) in [6.45, 7) is 3.88. The van der Waals surface area contributed by atoms with Crippen LogP contribution in [0.15, 0.2) is 70.9 Å². The monoisotopic (exact) mass is 417 g/mol. The van der Waals surface area contributed by atoms with Gasteiger partial charge < -0.3 is 19.2 Å². The van der Waals surface area contributed by atoms with E-state index in [9.17, 15) is 14.7 Å². The Morgan fingerprint density at radius 1 is 1.10 bits per heavy atom. The summed E-state index contributed by atoms with van der Waals surface area (Å²) >= 11 is 0. The average molecular weight is 417 g/mol. The number of benzene rings is 2. The summed E-state index contributed by atoms with van der Waals surface area (Å²) in [5.41, 5.74) is 3.05. The van der Waals surface area contributed by atoms with Gasteiger partial charge in [-0.1, -0.05) is 29.8 Å². The zero-order valence-corrected chi connectivity index (χ0v) is 17.6. The molecule has 1 saturated heterocycles. The lowest BCUT2D eigenvalue weighted by Gasteiger charge is -2.24. The van der Waals surface area contributed by atoms with Crippen molar-refractivity contribution >= 4 is 17.4 Å². The molecule has 0 spiro atoms. The van der Waals surface area contributed by atoms with E-state index >= 15 is 0 Å². The minimum absolute atomic E-state index is 0.0652. The van der Waals surface area contributed by atoms with Crippen LogP contribution in [0.2, 0.25) is 0 Å². The number of amides is 1. The first-order chi connectivity index (χ1) is 14.9. The van der Waals surface area contributed by atoms with Gasteiger partial charge in [-0.2, -0.15) is 0 Å². The molecular formula is C25H23NO5. The summed E-state index contributed by atoms with van der Waals surface area (Å²) in [4.78, 5) is 27.5. The molecule has 0 saturated carbocycles. The number of Topliss-reactive ketones (excluding diaryl/α,β-unsaturated/α-hetero) is 1. The highest BCUT2D eigenvalue weighted by atomic mass is 16.5. The van der Waals surface area contributed by atoms with Crippen LogP contribution in [-0.2, 0) is 16.1 Å². The highest BCUT2D eigenvalue weighted by Crippen LogP contribution is 2.41. The summed E-state index contributed by atoms with van der Waals surface area (Å²) in [7, 11) is 1.57. The molecule has 4 rings (SSSR count). The topological polar surface area (TPSA) is 80.0 Å². The molecule has 31 heavy (non-hydrogen) atoms. The van der Waals surface area contributed by atoms with E-state index in [1.165, 1.54) is 11.2 Å². The summed E-state index contributed by atoms with van der Waals surface area (Å²) in [6.07, 6.45) is 1.52. The Hall–Kier alpha value is -3.80. The van der Waals surface area contributed by atoms with Gasteiger partial charge in [0, 0.05) is 5.56 Å². The van der Waals surface area contributed by atoms with Crippen LogP contribution in [0.3, 0.4) is 0 Å². The van der Waals surface area contributed by atoms with Gasteiger partial charge in [0.2, 0.25) is 0 Å². The zero-order chi connectivity index (χ0) is 22.1. The van der Waals surface area contributed by atoms with Crippen LogP contribution in [0.25, 0.3) is 5.76 Å². The molecule has 1 fully saturated rings. The Bertz CT molecular complexity index is 1160. The lowest BCUT2D eigenvalue weighted by molar-refractivity contribution is -0.140. The average Bonchev–Trinajstić information content (AvgIpc) is 3.37. The summed E-state index contributed by atoms with van der Waals surface area (Å²) in [5.74, 6) is -0.370. The molecule has 158 valence electrons. The molecule has 1 aromatic heterocycles. The fourth-order valence-electron chi connectivity index (χ4n) is 3.88. The predicted octanol–water partition coefficient (Wildman–Crippen LogP) is 4.53. The Morgan fingerprint density at radius 3 is 2.48 bits per heavy atom. The van der Waals surface area contributed by atoms with E-state index in [4.69, 9.17) is 9.15 Å². The van der Waals surface area contributed by atoms with E-state index in [2.05, 4.69) is 0 Å². The minimum Gasteiger partial charge on any atom is -0.507 e. The first-order valence-corrected chi connectivity index (χ1v) is 9.93. The van der Waals surface area contributed by atoms with Crippen molar-refractivity contribution in [1.82, 2.24) is 4.90 Å². The van der Waals surface area contributed by atoms with Gasteiger partial charge in [0.05, 0.1) is 31.5 Å². The molecule has 0 aliphatic carbocycles. The van der Waals surface area contributed by atoms with Crippen molar-refractivity contribution in [2.75, 3.05) is 7.11 Å². The van der Waals surface area contributed by atoms with Crippen LogP contribution in [0.5, 0.6) is 5.75 Å².